The average molecular weight is 316 g/mol. The number of hydrogen-bond acceptors (Lipinski definition) is 4. The fraction of sp³-hybridized carbons (Fsp3) is 0. The Labute approximate surface area is 110 Å². The minimum absolute atomic E-state index is 0.168. The maximum absolute atomic E-state index is 11.4. The van der Waals surface area contributed by atoms with Gasteiger partial charge < -0.3 is 10.4 Å². The van der Waals surface area contributed by atoms with Crippen LogP contribution in [0.2, 0.25) is 0 Å². The standard InChI is InChI=1S/C10H6BrNO2S2/c11-6-3-5(1-2-7(6)13)4-8-9(14)12-10(15)16-8/h1-4,13H,(H,12,14,15)/b8-4-. The lowest BCUT2D eigenvalue weighted by Crippen LogP contribution is -2.17. The molecule has 16 heavy (non-hydrogen) atoms. The number of benzene rings is 1. The van der Waals surface area contributed by atoms with Gasteiger partial charge >= 0.3 is 0 Å². The number of nitrogens with one attached hydrogen (secondary N) is 1. The van der Waals surface area contributed by atoms with Crippen LogP contribution in [-0.4, -0.2) is 15.3 Å². The van der Waals surface area contributed by atoms with Gasteiger partial charge in [0.2, 0.25) is 0 Å². The smallest absolute Gasteiger partial charge is 0.263 e. The summed E-state index contributed by atoms with van der Waals surface area (Å²) in [5.41, 5.74) is 0.826. The van der Waals surface area contributed by atoms with E-state index in [-0.39, 0.29) is 11.7 Å². The van der Waals surface area contributed by atoms with E-state index in [1.54, 1.807) is 24.3 Å². The molecule has 0 atom stereocenters. The van der Waals surface area contributed by atoms with Gasteiger partial charge in [0.15, 0.2) is 0 Å². The monoisotopic (exact) mass is 315 g/mol. The second-order valence-electron chi connectivity index (χ2n) is 3.06. The van der Waals surface area contributed by atoms with E-state index in [4.69, 9.17) is 12.2 Å². The molecule has 2 N–H and O–H groups in total. The van der Waals surface area contributed by atoms with Gasteiger partial charge in [-0.1, -0.05) is 30.0 Å². The number of carbonyl (C=O) groups excluding carboxylic acids is 1. The summed E-state index contributed by atoms with van der Waals surface area (Å²) in [6, 6.07) is 5.02. The summed E-state index contributed by atoms with van der Waals surface area (Å²) in [4.78, 5) is 12.0. The third-order valence-electron chi connectivity index (χ3n) is 1.91. The topological polar surface area (TPSA) is 49.3 Å². The number of thioether (sulfide) groups is 1. The highest BCUT2D eigenvalue weighted by Gasteiger charge is 2.21. The molecule has 82 valence electrons. The highest BCUT2D eigenvalue weighted by atomic mass is 79.9. The lowest BCUT2D eigenvalue weighted by atomic mass is 10.2. The maximum Gasteiger partial charge on any atom is 0.263 e. The Morgan fingerprint density at radius 3 is 2.81 bits per heavy atom. The highest BCUT2D eigenvalue weighted by Crippen LogP contribution is 2.29. The molecule has 1 aromatic carbocycles. The zero-order valence-electron chi connectivity index (χ0n) is 7.86. The zero-order chi connectivity index (χ0) is 11.7. The second kappa shape index (κ2) is 4.57. The van der Waals surface area contributed by atoms with Gasteiger partial charge in [0, 0.05) is 0 Å². The van der Waals surface area contributed by atoms with E-state index in [1.165, 1.54) is 11.8 Å². The Balaban J connectivity index is 2.32. The number of carbonyl (C=O) groups is 1. The molecule has 0 unspecified atom stereocenters. The summed E-state index contributed by atoms with van der Waals surface area (Å²) in [6.07, 6.45) is 1.73. The Morgan fingerprint density at radius 2 is 2.25 bits per heavy atom. The normalized spacial score (nSPS) is 17.9. The minimum atomic E-state index is -0.181. The van der Waals surface area contributed by atoms with Gasteiger partial charge in [0.25, 0.3) is 5.91 Å². The van der Waals surface area contributed by atoms with Crippen molar-refractivity contribution in [2.24, 2.45) is 0 Å². The summed E-state index contributed by atoms with van der Waals surface area (Å²) in [7, 11) is 0. The minimum Gasteiger partial charge on any atom is -0.507 e. The molecule has 0 aromatic heterocycles. The Bertz CT molecular complexity index is 514. The molecule has 0 aliphatic carbocycles. The van der Waals surface area contributed by atoms with Crippen LogP contribution in [0.4, 0.5) is 0 Å². The van der Waals surface area contributed by atoms with Gasteiger partial charge in [0.1, 0.15) is 10.1 Å². The predicted octanol–water partition coefficient (Wildman–Crippen LogP) is 2.64. The average Bonchev–Trinajstić information content (AvgIpc) is 2.51. The first kappa shape index (κ1) is 11.6. The molecule has 1 aliphatic rings. The van der Waals surface area contributed by atoms with E-state index < -0.39 is 0 Å². The first-order chi connectivity index (χ1) is 7.56. The van der Waals surface area contributed by atoms with Crippen LogP contribution < -0.4 is 5.32 Å². The van der Waals surface area contributed by atoms with Crippen LogP contribution >= 0.6 is 39.9 Å². The number of phenolic OH excluding ortho intramolecular Hbond substituents is 1. The number of rotatable bonds is 1. The van der Waals surface area contributed by atoms with Crippen molar-refractivity contribution in [2.75, 3.05) is 0 Å². The number of hydrogen-bond donors (Lipinski definition) is 2. The van der Waals surface area contributed by atoms with Crippen molar-refractivity contribution < 1.29 is 9.90 Å². The molecule has 0 spiro atoms. The van der Waals surface area contributed by atoms with Crippen LogP contribution in [0, 0.1) is 0 Å². The Kier molecular flexibility index (Phi) is 3.32. The summed E-state index contributed by atoms with van der Waals surface area (Å²) < 4.78 is 1.06. The van der Waals surface area contributed by atoms with Gasteiger partial charge in [-0.3, -0.25) is 4.79 Å². The molecule has 1 saturated heterocycles. The molecule has 1 fully saturated rings. The van der Waals surface area contributed by atoms with E-state index in [9.17, 15) is 9.90 Å². The van der Waals surface area contributed by atoms with Crippen LogP contribution in [0.25, 0.3) is 6.08 Å². The van der Waals surface area contributed by atoms with E-state index in [0.717, 1.165) is 5.56 Å². The molecule has 6 heteroatoms. The fourth-order valence-electron chi connectivity index (χ4n) is 1.19. The molecule has 0 bridgehead atoms. The molecule has 0 radical (unpaired) electrons. The van der Waals surface area contributed by atoms with Gasteiger partial charge in [-0.2, -0.15) is 0 Å². The van der Waals surface area contributed by atoms with Crippen molar-refractivity contribution in [3.63, 3.8) is 0 Å². The van der Waals surface area contributed by atoms with E-state index in [0.29, 0.717) is 13.7 Å². The molecular weight excluding hydrogens is 310 g/mol. The number of phenols is 1. The highest BCUT2D eigenvalue weighted by molar-refractivity contribution is 9.10. The molecule has 0 saturated carbocycles. The van der Waals surface area contributed by atoms with Crippen LogP contribution in [0.5, 0.6) is 5.75 Å². The van der Waals surface area contributed by atoms with Crippen molar-refractivity contribution in [3.8, 4) is 5.75 Å². The zero-order valence-corrected chi connectivity index (χ0v) is 11.1. The summed E-state index contributed by atoms with van der Waals surface area (Å²) >= 11 is 9.32. The molecule has 1 heterocycles. The third-order valence-corrected chi connectivity index (χ3v) is 3.71. The Morgan fingerprint density at radius 1 is 1.50 bits per heavy atom. The van der Waals surface area contributed by atoms with Crippen LogP contribution in [0.1, 0.15) is 5.56 Å². The van der Waals surface area contributed by atoms with Crippen molar-refractivity contribution in [2.45, 2.75) is 0 Å². The van der Waals surface area contributed by atoms with Gasteiger partial charge in [0.05, 0.1) is 9.38 Å². The SMILES string of the molecule is O=C1NC(=S)S/C1=C\c1ccc(O)c(Br)c1. The number of aromatic hydroxyl groups is 1. The predicted molar refractivity (Wildman–Crippen MR) is 72.1 cm³/mol. The van der Waals surface area contributed by atoms with Gasteiger partial charge in [-0.05, 0) is 39.7 Å². The molecule has 3 nitrogen and oxygen atoms in total. The quantitative estimate of drug-likeness (QED) is 0.618. The molecule has 1 amide bonds. The van der Waals surface area contributed by atoms with Crippen molar-refractivity contribution >= 4 is 56.2 Å². The number of amides is 1. The van der Waals surface area contributed by atoms with E-state index >= 15 is 0 Å². The van der Waals surface area contributed by atoms with Crippen molar-refractivity contribution in [1.29, 1.82) is 0 Å². The van der Waals surface area contributed by atoms with Crippen LogP contribution in [0.15, 0.2) is 27.6 Å². The molecule has 2 rings (SSSR count). The summed E-state index contributed by atoms with van der Waals surface area (Å²) in [5.74, 6) is -0.0135. The lowest BCUT2D eigenvalue weighted by molar-refractivity contribution is -0.115. The Hall–Kier alpha value is -0.850. The van der Waals surface area contributed by atoms with Crippen molar-refractivity contribution in [1.82, 2.24) is 5.32 Å². The summed E-state index contributed by atoms with van der Waals surface area (Å²) in [5, 5.41) is 11.9. The first-order valence-corrected chi connectivity index (χ1v) is 6.31. The first-order valence-electron chi connectivity index (χ1n) is 4.29. The molecule has 1 aliphatic heterocycles. The van der Waals surface area contributed by atoms with Gasteiger partial charge in [-0.25, -0.2) is 0 Å². The lowest BCUT2D eigenvalue weighted by Gasteiger charge is -1.99. The van der Waals surface area contributed by atoms with E-state index in [2.05, 4.69) is 21.2 Å². The van der Waals surface area contributed by atoms with Gasteiger partial charge in [-0.15, -0.1) is 0 Å². The van der Waals surface area contributed by atoms with Crippen LogP contribution in [0.3, 0.4) is 0 Å². The summed E-state index contributed by atoms with van der Waals surface area (Å²) in [6.45, 7) is 0. The number of thiocarbonyl (C=S) groups is 1. The van der Waals surface area contributed by atoms with E-state index in [1.807, 2.05) is 0 Å². The molecule has 1 aromatic rings. The van der Waals surface area contributed by atoms with Crippen molar-refractivity contribution in [3.05, 3.63) is 33.1 Å². The second-order valence-corrected chi connectivity index (χ2v) is 5.64. The largest absolute Gasteiger partial charge is 0.507 e. The fourth-order valence-corrected chi connectivity index (χ4v) is 2.63. The molecular formula is C10H6BrNO2S2. The van der Waals surface area contributed by atoms with Crippen LogP contribution in [-0.2, 0) is 4.79 Å². The third kappa shape index (κ3) is 2.45. The number of halogens is 1. The maximum atomic E-state index is 11.4.